The average molecular weight is 728 g/mol. The van der Waals surface area contributed by atoms with Gasteiger partial charge in [0.1, 0.15) is 17.8 Å². The Morgan fingerprint density at radius 1 is 0.940 bits per heavy atom. The quantitative estimate of drug-likeness (QED) is 0.102. The van der Waals surface area contributed by atoms with Crippen LogP contribution in [0.3, 0.4) is 0 Å². The number of aliphatic hydroxyl groups excluding tert-OH is 2. The monoisotopic (exact) mass is 726 g/mol. The summed E-state index contributed by atoms with van der Waals surface area (Å²) in [5, 5.41) is 26.0. The van der Waals surface area contributed by atoms with Crippen molar-refractivity contribution in [3.05, 3.63) is 123 Å². The van der Waals surface area contributed by atoms with E-state index in [0.29, 0.717) is 45.6 Å². The van der Waals surface area contributed by atoms with E-state index in [9.17, 15) is 28.6 Å². The van der Waals surface area contributed by atoms with Gasteiger partial charge in [0.2, 0.25) is 11.8 Å². The molecule has 10 nitrogen and oxygen atoms in total. The van der Waals surface area contributed by atoms with Gasteiger partial charge in [0.05, 0.1) is 53.1 Å². The third-order valence-electron chi connectivity index (χ3n) is 8.50. The van der Waals surface area contributed by atoms with E-state index < -0.39 is 41.7 Å². The Morgan fingerprint density at radius 3 is 2.32 bits per heavy atom. The number of primary amides is 1. The predicted octanol–water partition coefficient (Wildman–Crippen LogP) is 4.80. The molecular weight excluding hydrogens is 689 g/mol. The lowest BCUT2D eigenvalue weighted by atomic mass is 10.00. The summed E-state index contributed by atoms with van der Waals surface area (Å²) in [7, 11) is 0. The highest BCUT2D eigenvalue weighted by Gasteiger charge is 2.32. The van der Waals surface area contributed by atoms with E-state index in [1.54, 1.807) is 36.4 Å². The van der Waals surface area contributed by atoms with Gasteiger partial charge in [-0.15, -0.1) is 0 Å². The van der Waals surface area contributed by atoms with E-state index >= 15 is 0 Å². The van der Waals surface area contributed by atoms with E-state index in [0.717, 1.165) is 29.4 Å². The van der Waals surface area contributed by atoms with Crippen molar-refractivity contribution in [3.63, 3.8) is 0 Å². The van der Waals surface area contributed by atoms with Crippen molar-refractivity contribution in [2.24, 2.45) is 11.5 Å². The Hall–Kier alpha value is -4.46. The van der Waals surface area contributed by atoms with Crippen molar-refractivity contribution in [2.45, 2.75) is 37.6 Å². The largest absolute Gasteiger partial charge is 0.395 e. The van der Waals surface area contributed by atoms with Gasteiger partial charge in [0.25, 0.3) is 0 Å². The minimum Gasteiger partial charge on any atom is -0.395 e. The van der Waals surface area contributed by atoms with Gasteiger partial charge in [0, 0.05) is 30.9 Å². The molecule has 2 amide bonds. The highest BCUT2D eigenvalue weighted by molar-refractivity contribution is 6.42. The number of halogens is 4. The second kappa shape index (κ2) is 16.5. The standard InChI is InChI=1S/C36H38Cl2F2N6O4/c37-27-8-1-21(15-28(27)38)16-30(41)36(50)44-31(19-34(42)49)23-4-10-33-32(18-23)43-35(46(33)20-24-17-25(39)5-9-29(24)40)22-2-6-26(7-3-22)45(11-13-47)12-14-48/h1-10,15,17-18,30-31,35,43,47-48H,11-14,16,19-20,41H2,(H2,42,49)(H,44,50). The molecule has 1 aliphatic heterocycles. The number of carbonyl (C=O) groups is 2. The normalized spacial score (nSPS) is 14.9. The number of nitrogens with one attached hydrogen (secondary N) is 2. The van der Waals surface area contributed by atoms with Crippen molar-refractivity contribution in [3.8, 4) is 0 Å². The molecule has 4 aromatic carbocycles. The summed E-state index contributed by atoms with van der Waals surface area (Å²) in [6, 6.07) is 19.3. The zero-order valence-corrected chi connectivity index (χ0v) is 28.5. The SMILES string of the molecule is NC(=O)CC(NC(=O)C(N)Cc1ccc(Cl)c(Cl)c1)c1ccc2c(c1)NC(c1ccc(N(CCO)CCO)cc1)N2Cc1cc(F)ccc1F. The van der Waals surface area contributed by atoms with Gasteiger partial charge in [-0.25, -0.2) is 8.78 Å². The Bertz CT molecular complexity index is 1830. The number of anilines is 3. The van der Waals surface area contributed by atoms with Gasteiger partial charge in [-0.1, -0.05) is 47.5 Å². The third kappa shape index (κ3) is 8.82. The third-order valence-corrected chi connectivity index (χ3v) is 9.24. The van der Waals surface area contributed by atoms with Gasteiger partial charge in [0.15, 0.2) is 0 Å². The molecule has 3 unspecified atom stereocenters. The van der Waals surface area contributed by atoms with Crippen LogP contribution in [0.1, 0.15) is 40.9 Å². The number of benzene rings is 4. The van der Waals surface area contributed by atoms with E-state index in [-0.39, 0.29) is 38.2 Å². The first-order valence-corrected chi connectivity index (χ1v) is 16.7. The maximum absolute atomic E-state index is 14.9. The van der Waals surface area contributed by atoms with Crippen LogP contribution >= 0.6 is 23.2 Å². The number of hydrogen-bond donors (Lipinski definition) is 6. The lowest BCUT2D eigenvalue weighted by Crippen LogP contribution is -2.44. The average Bonchev–Trinajstić information content (AvgIpc) is 3.44. The zero-order valence-electron chi connectivity index (χ0n) is 27.0. The molecule has 14 heteroatoms. The van der Waals surface area contributed by atoms with Crippen molar-refractivity contribution in [1.82, 2.24) is 5.32 Å². The number of fused-ring (bicyclic) bond motifs is 1. The molecule has 1 aliphatic rings. The molecule has 0 spiro atoms. The Kier molecular flexibility index (Phi) is 12.1. The number of nitrogens with zero attached hydrogens (tertiary/aromatic N) is 2. The number of rotatable bonds is 15. The van der Waals surface area contributed by atoms with Crippen LogP contribution in [-0.2, 0) is 22.6 Å². The van der Waals surface area contributed by atoms with Gasteiger partial charge in [-0.3, -0.25) is 9.59 Å². The molecule has 50 heavy (non-hydrogen) atoms. The maximum atomic E-state index is 14.9. The second-order valence-corrected chi connectivity index (χ2v) is 12.8. The molecule has 4 aromatic rings. The van der Waals surface area contributed by atoms with E-state index in [1.807, 2.05) is 34.1 Å². The molecule has 5 rings (SSSR count). The molecule has 0 aliphatic carbocycles. The van der Waals surface area contributed by atoms with Crippen LogP contribution < -0.4 is 31.9 Å². The summed E-state index contributed by atoms with van der Waals surface area (Å²) in [6.07, 6.45) is -0.558. The van der Waals surface area contributed by atoms with E-state index in [4.69, 9.17) is 34.7 Å². The smallest absolute Gasteiger partial charge is 0.237 e. The first-order valence-electron chi connectivity index (χ1n) is 15.9. The van der Waals surface area contributed by atoms with Crippen molar-refractivity contribution >= 4 is 52.1 Å². The lowest BCUT2D eigenvalue weighted by molar-refractivity contribution is -0.123. The van der Waals surface area contributed by atoms with Crippen LogP contribution in [0.2, 0.25) is 10.0 Å². The number of aliphatic hydroxyl groups is 2. The molecule has 8 N–H and O–H groups in total. The highest BCUT2D eigenvalue weighted by Crippen LogP contribution is 2.44. The van der Waals surface area contributed by atoms with Crippen LogP contribution in [0.15, 0.2) is 78.9 Å². The highest BCUT2D eigenvalue weighted by atomic mass is 35.5. The zero-order chi connectivity index (χ0) is 35.9. The molecule has 0 radical (unpaired) electrons. The molecule has 0 saturated heterocycles. The van der Waals surface area contributed by atoms with Gasteiger partial charge in [-0.05, 0) is 77.7 Å². The number of amides is 2. The van der Waals surface area contributed by atoms with E-state index in [1.165, 1.54) is 0 Å². The summed E-state index contributed by atoms with van der Waals surface area (Å²) >= 11 is 12.1. The van der Waals surface area contributed by atoms with Crippen LogP contribution in [0, 0.1) is 11.6 Å². The first kappa shape index (κ1) is 36.8. The number of hydrogen-bond acceptors (Lipinski definition) is 8. The van der Waals surface area contributed by atoms with Crippen LogP contribution in [0.4, 0.5) is 25.8 Å². The number of carbonyl (C=O) groups excluding carboxylic acids is 2. The molecule has 0 aromatic heterocycles. The summed E-state index contributed by atoms with van der Waals surface area (Å²) < 4.78 is 29.1. The Morgan fingerprint density at radius 2 is 1.66 bits per heavy atom. The molecule has 3 atom stereocenters. The fourth-order valence-electron chi connectivity index (χ4n) is 6.01. The predicted molar refractivity (Wildman–Crippen MR) is 191 cm³/mol. The summed E-state index contributed by atoms with van der Waals surface area (Å²) in [5.74, 6) is -2.27. The van der Waals surface area contributed by atoms with Gasteiger partial charge < -0.3 is 42.1 Å². The Labute approximate surface area is 298 Å². The molecule has 0 bridgehead atoms. The molecule has 1 heterocycles. The van der Waals surface area contributed by atoms with Gasteiger partial charge in [-0.2, -0.15) is 0 Å². The van der Waals surface area contributed by atoms with Gasteiger partial charge >= 0.3 is 0 Å². The van der Waals surface area contributed by atoms with Crippen LogP contribution in [0.25, 0.3) is 0 Å². The molecule has 264 valence electrons. The summed E-state index contributed by atoms with van der Waals surface area (Å²) in [4.78, 5) is 29.1. The molecule has 0 fully saturated rings. The fourth-order valence-corrected chi connectivity index (χ4v) is 6.33. The lowest BCUT2D eigenvalue weighted by Gasteiger charge is -2.28. The Balaban J connectivity index is 1.43. The fraction of sp³-hybridized carbons (Fsp3) is 0.278. The molecular formula is C36H38Cl2F2N6O4. The van der Waals surface area contributed by atoms with Crippen molar-refractivity contribution < 1.29 is 28.6 Å². The topological polar surface area (TPSA) is 157 Å². The summed E-state index contributed by atoms with van der Waals surface area (Å²) in [5.41, 5.74) is 16.1. The maximum Gasteiger partial charge on any atom is 0.237 e. The second-order valence-electron chi connectivity index (χ2n) is 12.0. The van der Waals surface area contributed by atoms with Crippen LogP contribution in [-0.4, -0.2) is 54.4 Å². The van der Waals surface area contributed by atoms with Crippen LogP contribution in [0.5, 0.6) is 0 Å². The number of nitrogens with two attached hydrogens (primary N) is 2. The minimum atomic E-state index is -0.968. The first-order chi connectivity index (χ1) is 24.0. The van der Waals surface area contributed by atoms with Crippen molar-refractivity contribution in [1.29, 1.82) is 0 Å². The molecule has 0 saturated carbocycles. The minimum absolute atomic E-state index is 0.0154. The van der Waals surface area contributed by atoms with Crippen molar-refractivity contribution in [2.75, 3.05) is 41.4 Å². The summed E-state index contributed by atoms with van der Waals surface area (Å²) in [6.45, 7) is 0.518. The van der Waals surface area contributed by atoms with E-state index in [2.05, 4.69) is 10.6 Å².